The highest BCUT2D eigenvalue weighted by molar-refractivity contribution is 6.22. The topological polar surface area (TPSA) is 83.7 Å². The first kappa shape index (κ1) is 16.6. The number of nitrogens with two attached hydrogens (primary N) is 1. The third kappa shape index (κ3) is 3.06. The van der Waals surface area contributed by atoms with Crippen LogP contribution in [-0.4, -0.2) is 41.8 Å². The number of hydrogen-bond acceptors (Lipinski definition) is 4. The van der Waals surface area contributed by atoms with Gasteiger partial charge in [0.1, 0.15) is 0 Å². The molecule has 0 bridgehead atoms. The summed E-state index contributed by atoms with van der Waals surface area (Å²) in [6, 6.07) is 5.32. The highest BCUT2D eigenvalue weighted by atomic mass is 16.2. The van der Waals surface area contributed by atoms with Crippen LogP contribution in [-0.2, 0) is 14.4 Å². The van der Waals surface area contributed by atoms with E-state index in [2.05, 4.69) is 0 Å². The summed E-state index contributed by atoms with van der Waals surface area (Å²) in [6.07, 6.45) is 1.50. The van der Waals surface area contributed by atoms with E-state index < -0.39 is 6.04 Å². The van der Waals surface area contributed by atoms with E-state index in [0.29, 0.717) is 31.6 Å². The Hall–Kier alpha value is -2.21. The van der Waals surface area contributed by atoms with Crippen LogP contribution in [0.25, 0.3) is 0 Å². The first-order valence-corrected chi connectivity index (χ1v) is 8.35. The summed E-state index contributed by atoms with van der Waals surface area (Å²) in [6.45, 7) is 5.15. The average molecular weight is 329 g/mol. The second-order valence-corrected chi connectivity index (χ2v) is 6.85. The summed E-state index contributed by atoms with van der Waals surface area (Å²) in [5.74, 6) is -0.723. The molecule has 2 saturated heterocycles. The number of carbonyl (C=O) groups excluding carboxylic acids is 3. The number of hydrogen-bond donors (Lipinski definition) is 1. The molecule has 3 amide bonds. The van der Waals surface area contributed by atoms with Gasteiger partial charge < -0.3 is 5.73 Å². The predicted molar refractivity (Wildman–Crippen MR) is 90.3 cm³/mol. The second-order valence-electron chi connectivity index (χ2n) is 6.85. The van der Waals surface area contributed by atoms with E-state index >= 15 is 0 Å². The van der Waals surface area contributed by atoms with Crippen molar-refractivity contribution in [3.8, 4) is 0 Å². The Morgan fingerprint density at radius 2 is 1.67 bits per heavy atom. The Morgan fingerprint density at radius 3 is 2.21 bits per heavy atom. The van der Waals surface area contributed by atoms with Gasteiger partial charge in [-0.15, -0.1) is 0 Å². The molecular weight excluding hydrogens is 306 g/mol. The van der Waals surface area contributed by atoms with Gasteiger partial charge in [-0.05, 0) is 63.0 Å². The highest BCUT2D eigenvalue weighted by Crippen LogP contribution is 2.29. The van der Waals surface area contributed by atoms with Gasteiger partial charge in [-0.2, -0.15) is 0 Å². The Balaban J connectivity index is 1.76. The Bertz CT molecular complexity index is 672. The van der Waals surface area contributed by atoms with Crippen LogP contribution in [0.1, 0.15) is 30.4 Å². The minimum absolute atomic E-state index is 0.121. The molecule has 0 saturated carbocycles. The zero-order chi connectivity index (χ0) is 17.4. The lowest BCUT2D eigenvalue weighted by atomic mass is 9.95. The zero-order valence-electron chi connectivity index (χ0n) is 14.1. The molecule has 0 aliphatic carbocycles. The largest absolute Gasteiger partial charge is 0.369 e. The molecule has 6 heteroatoms. The molecule has 128 valence electrons. The third-order valence-electron chi connectivity index (χ3n) is 4.96. The molecule has 3 rings (SSSR count). The van der Waals surface area contributed by atoms with Gasteiger partial charge in [0.25, 0.3) is 5.91 Å². The van der Waals surface area contributed by atoms with Crippen LogP contribution in [0.15, 0.2) is 18.2 Å². The fourth-order valence-corrected chi connectivity index (χ4v) is 3.75. The minimum atomic E-state index is -0.424. The minimum Gasteiger partial charge on any atom is -0.369 e. The van der Waals surface area contributed by atoms with Crippen molar-refractivity contribution in [3.63, 3.8) is 0 Å². The maximum Gasteiger partial charge on any atom is 0.251 e. The quantitative estimate of drug-likeness (QED) is 0.843. The van der Waals surface area contributed by atoms with Gasteiger partial charge in [-0.1, -0.05) is 6.07 Å². The van der Waals surface area contributed by atoms with Crippen LogP contribution in [0.4, 0.5) is 5.69 Å². The highest BCUT2D eigenvalue weighted by Gasteiger charge is 2.43. The van der Waals surface area contributed by atoms with E-state index in [0.717, 1.165) is 11.1 Å². The van der Waals surface area contributed by atoms with Crippen molar-refractivity contribution in [1.29, 1.82) is 0 Å². The molecule has 0 spiro atoms. The lowest BCUT2D eigenvalue weighted by Gasteiger charge is -2.33. The van der Waals surface area contributed by atoms with Crippen LogP contribution in [0.5, 0.6) is 0 Å². The number of imide groups is 1. The lowest BCUT2D eigenvalue weighted by Crippen LogP contribution is -2.47. The first-order chi connectivity index (χ1) is 11.4. The van der Waals surface area contributed by atoms with Gasteiger partial charge in [-0.25, -0.2) is 4.90 Å². The maximum absolute atomic E-state index is 12.8. The predicted octanol–water partition coefficient (Wildman–Crippen LogP) is 1.13. The van der Waals surface area contributed by atoms with Gasteiger partial charge in [0.15, 0.2) is 0 Å². The van der Waals surface area contributed by atoms with Gasteiger partial charge in [0.05, 0.1) is 18.2 Å². The van der Waals surface area contributed by atoms with Crippen molar-refractivity contribution in [1.82, 2.24) is 4.90 Å². The standard InChI is InChI=1S/C18H23N3O3/c1-11-7-12(2)9-14(8-11)21-16(22)10-15(18(21)24)20-5-3-13(4-6-20)17(19)23/h7-9,13,15H,3-6,10H2,1-2H3,(H2,19,23)/t15-/m0/s1. The molecule has 2 aliphatic heterocycles. The van der Waals surface area contributed by atoms with E-state index in [-0.39, 0.29) is 30.1 Å². The van der Waals surface area contributed by atoms with E-state index in [9.17, 15) is 14.4 Å². The number of rotatable bonds is 3. The van der Waals surface area contributed by atoms with Crippen molar-refractivity contribution >= 4 is 23.4 Å². The summed E-state index contributed by atoms with van der Waals surface area (Å²) in [5, 5.41) is 0. The molecule has 2 heterocycles. The number of piperidine rings is 1. The SMILES string of the molecule is Cc1cc(C)cc(N2C(=O)C[C@H](N3CCC(C(N)=O)CC3)C2=O)c1. The Morgan fingerprint density at radius 1 is 1.08 bits per heavy atom. The fourth-order valence-electron chi connectivity index (χ4n) is 3.75. The number of anilines is 1. The smallest absolute Gasteiger partial charge is 0.251 e. The molecule has 2 fully saturated rings. The number of amides is 3. The Kier molecular flexibility index (Phi) is 4.41. The van der Waals surface area contributed by atoms with Crippen molar-refractivity contribution in [2.24, 2.45) is 11.7 Å². The van der Waals surface area contributed by atoms with Crippen molar-refractivity contribution in [2.45, 2.75) is 39.2 Å². The van der Waals surface area contributed by atoms with Gasteiger partial charge in [0, 0.05) is 5.92 Å². The summed E-state index contributed by atoms with van der Waals surface area (Å²) in [4.78, 5) is 39.9. The Labute approximate surface area is 141 Å². The van der Waals surface area contributed by atoms with Gasteiger partial charge >= 0.3 is 0 Å². The van der Waals surface area contributed by atoms with Crippen LogP contribution in [0.3, 0.4) is 0 Å². The summed E-state index contributed by atoms with van der Waals surface area (Å²) >= 11 is 0. The number of likely N-dealkylation sites (tertiary alicyclic amines) is 1. The van der Waals surface area contributed by atoms with Crippen LogP contribution >= 0.6 is 0 Å². The first-order valence-electron chi connectivity index (χ1n) is 8.35. The molecule has 1 atom stereocenters. The van der Waals surface area contributed by atoms with E-state index in [1.54, 1.807) is 0 Å². The summed E-state index contributed by atoms with van der Waals surface area (Å²) < 4.78 is 0. The molecule has 1 aromatic carbocycles. The number of primary amides is 1. The average Bonchev–Trinajstić information content (AvgIpc) is 2.81. The number of carbonyl (C=O) groups is 3. The molecule has 6 nitrogen and oxygen atoms in total. The molecule has 0 aromatic heterocycles. The summed E-state index contributed by atoms with van der Waals surface area (Å²) in [5.41, 5.74) is 8.05. The number of benzene rings is 1. The maximum atomic E-state index is 12.8. The lowest BCUT2D eigenvalue weighted by molar-refractivity contribution is -0.124. The molecule has 0 unspecified atom stereocenters. The van der Waals surface area contributed by atoms with Crippen molar-refractivity contribution in [2.75, 3.05) is 18.0 Å². The normalized spacial score (nSPS) is 23.1. The van der Waals surface area contributed by atoms with E-state index in [1.165, 1.54) is 4.90 Å². The molecular formula is C18H23N3O3. The molecule has 1 aromatic rings. The van der Waals surface area contributed by atoms with Gasteiger partial charge in [-0.3, -0.25) is 19.3 Å². The van der Waals surface area contributed by atoms with E-state index in [4.69, 9.17) is 5.73 Å². The van der Waals surface area contributed by atoms with Crippen LogP contribution < -0.4 is 10.6 Å². The third-order valence-corrected chi connectivity index (χ3v) is 4.96. The number of aryl methyl sites for hydroxylation is 2. The van der Waals surface area contributed by atoms with Crippen molar-refractivity contribution < 1.29 is 14.4 Å². The van der Waals surface area contributed by atoms with Crippen LogP contribution in [0, 0.1) is 19.8 Å². The van der Waals surface area contributed by atoms with Gasteiger partial charge in [0.2, 0.25) is 11.8 Å². The monoisotopic (exact) mass is 329 g/mol. The zero-order valence-corrected chi connectivity index (χ0v) is 14.1. The molecule has 2 N–H and O–H groups in total. The van der Waals surface area contributed by atoms with E-state index in [1.807, 2.05) is 36.9 Å². The van der Waals surface area contributed by atoms with Crippen molar-refractivity contribution in [3.05, 3.63) is 29.3 Å². The second kappa shape index (κ2) is 6.36. The van der Waals surface area contributed by atoms with Crippen LogP contribution in [0.2, 0.25) is 0 Å². The fraction of sp³-hybridized carbons (Fsp3) is 0.500. The number of nitrogens with zero attached hydrogens (tertiary/aromatic N) is 2. The molecule has 2 aliphatic rings. The summed E-state index contributed by atoms with van der Waals surface area (Å²) in [7, 11) is 0. The molecule has 24 heavy (non-hydrogen) atoms. The molecule has 0 radical (unpaired) electrons.